The predicted molar refractivity (Wildman–Crippen MR) is 161 cm³/mol. The van der Waals surface area contributed by atoms with E-state index in [0.29, 0.717) is 17.8 Å². The Bertz CT molecular complexity index is 1610. The van der Waals surface area contributed by atoms with Crippen LogP contribution >= 0.6 is 15.9 Å². The first-order valence-electron chi connectivity index (χ1n) is 12.2. The Hall–Kier alpha value is -4.55. The van der Waals surface area contributed by atoms with Gasteiger partial charge in [0.15, 0.2) is 0 Å². The van der Waals surface area contributed by atoms with Crippen molar-refractivity contribution in [3.05, 3.63) is 148 Å². The van der Waals surface area contributed by atoms with Crippen LogP contribution in [0.4, 0.5) is 5.69 Å². The van der Waals surface area contributed by atoms with Crippen molar-refractivity contribution in [1.29, 1.82) is 0 Å². The van der Waals surface area contributed by atoms with Crippen LogP contribution in [0.1, 0.15) is 12.0 Å². The molecule has 1 heterocycles. The molecular weight excluding hydrogens is 536 g/mol. The molecule has 0 saturated heterocycles. The summed E-state index contributed by atoms with van der Waals surface area (Å²) >= 11 is 3.50. The summed E-state index contributed by atoms with van der Waals surface area (Å²) in [5, 5.41) is 9.27. The number of para-hydroxylation sites is 1. The van der Waals surface area contributed by atoms with Crippen molar-refractivity contribution in [2.24, 2.45) is 10.2 Å². The van der Waals surface area contributed by atoms with Crippen LogP contribution in [0.2, 0.25) is 0 Å². The molecule has 0 bridgehead atoms. The predicted octanol–water partition coefficient (Wildman–Crippen LogP) is 7.69. The lowest BCUT2D eigenvalue weighted by Crippen LogP contribution is -2.20. The van der Waals surface area contributed by atoms with Gasteiger partial charge in [0.1, 0.15) is 0 Å². The summed E-state index contributed by atoms with van der Waals surface area (Å²) in [7, 11) is 0. The van der Waals surface area contributed by atoms with Gasteiger partial charge in [-0.25, -0.2) is 0 Å². The van der Waals surface area contributed by atoms with Crippen LogP contribution < -0.4 is 11.0 Å². The topological polar surface area (TPSA) is 58.8 Å². The summed E-state index contributed by atoms with van der Waals surface area (Å²) in [6.07, 6.45) is 2.18. The standard InChI is InChI=1S/C32H25BrN4O/c33-28-18-16-25(17-19-28)30(20-21-34-35-29-14-8-3-9-15-29)36-37-31(26-12-6-2-7-13-26)22-27(23-32(37)38)24-10-4-1-5-11-24/h1-19,21-23,35H,20H2/b34-21+,36-30+. The van der Waals surface area contributed by atoms with Crippen LogP contribution in [0.3, 0.4) is 0 Å². The molecule has 0 unspecified atom stereocenters. The summed E-state index contributed by atoms with van der Waals surface area (Å²) in [6.45, 7) is 0. The molecule has 5 rings (SSSR count). The normalized spacial score (nSPS) is 11.6. The number of anilines is 1. The van der Waals surface area contributed by atoms with E-state index in [9.17, 15) is 4.79 Å². The molecule has 6 heteroatoms. The first kappa shape index (κ1) is 25.1. The van der Waals surface area contributed by atoms with Gasteiger partial charge >= 0.3 is 0 Å². The molecule has 0 aliphatic heterocycles. The van der Waals surface area contributed by atoms with Crippen molar-refractivity contribution in [3.63, 3.8) is 0 Å². The molecule has 1 N–H and O–H groups in total. The van der Waals surface area contributed by atoms with E-state index in [1.165, 1.54) is 4.68 Å². The maximum atomic E-state index is 13.5. The third kappa shape index (κ3) is 6.22. The van der Waals surface area contributed by atoms with Gasteiger partial charge in [0.05, 0.1) is 17.1 Å². The molecule has 0 spiro atoms. The monoisotopic (exact) mass is 560 g/mol. The molecule has 38 heavy (non-hydrogen) atoms. The highest BCUT2D eigenvalue weighted by molar-refractivity contribution is 9.10. The van der Waals surface area contributed by atoms with Crippen molar-refractivity contribution < 1.29 is 0 Å². The average Bonchev–Trinajstić information content (AvgIpc) is 2.97. The molecule has 0 amide bonds. The second kappa shape index (κ2) is 12.1. The molecule has 0 aliphatic rings. The number of hydrazone groups is 1. The molecule has 5 nitrogen and oxygen atoms in total. The Balaban J connectivity index is 1.59. The molecule has 4 aromatic carbocycles. The number of rotatable bonds is 8. The van der Waals surface area contributed by atoms with Crippen molar-refractivity contribution in [1.82, 2.24) is 4.68 Å². The Morgan fingerprint density at radius 1 is 0.737 bits per heavy atom. The number of benzene rings is 4. The van der Waals surface area contributed by atoms with Gasteiger partial charge in [-0.05, 0) is 47.0 Å². The third-order valence-corrected chi connectivity index (χ3v) is 6.45. The van der Waals surface area contributed by atoms with Crippen molar-refractivity contribution in [3.8, 4) is 22.4 Å². The summed E-state index contributed by atoms with van der Waals surface area (Å²) in [5.74, 6) is 0. The van der Waals surface area contributed by atoms with E-state index >= 15 is 0 Å². The highest BCUT2D eigenvalue weighted by Crippen LogP contribution is 2.25. The van der Waals surface area contributed by atoms with Crippen molar-refractivity contribution >= 4 is 33.5 Å². The molecule has 0 atom stereocenters. The maximum Gasteiger partial charge on any atom is 0.272 e. The first-order valence-corrected chi connectivity index (χ1v) is 13.0. The number of halogens is 1. The maximum absolute atomic E-state index is 13.5. The van der Waals surface area contributed by atoms with Gasteiger partial charge in [-0.2, -0.15) is 14.9 Å². The summed E-state index contributed by atoms with van der Waals surface area (Å²) in [6, 6.07) is 41.0. The van der Waals surface area contributed by atoms with Crippen LogP contribution in [0.5, 0.6) is 0 Å². The minimum atomic E-state index is -0.209. The second-order valence-electron chi connectivity index (χ2n) is 8.56. The number of nitrogens with zero attached hydrogens (tertiary/aromatic N) is 3. The molecule has 5 aromatic rings. The fraction of sp³-hybridized carbons (Fsp3) is 0.0312. The van der Waals surface area contributed by atoms with E-state index in [2.05, 4.69) is 26.5 Å². The van der Waals surface area contributed by atoms with Crippen LogP contribution in [-0.4, -0.2) is 16.6 Å². The van der Waals surface area contributed by atoms with Crippen LogP contribution in [-0.2, 0) is 0 Å². The second-order valence-corrected chi connectivity index (χ2v) is 9.47. The molecule has 0 saturated carbocycles. The fourth-order valence-electron chi connectivity index (χ4n) is 4.02. The number of pyridine rings is 1. The minimum Gasteiger partial charge on any atom is -0.279 e. The van der Waals surface area contributed by atoms with Crippen molar-refractivity contribution in [2.45, 2.75) is 6.42 Å². The first-order chi connectivity index (χ1) is 18.7. The van der Waals surface area contributed by atoms with Crippen molar-refractivity contribution in [2.75, 3.05) is 5.43 Å². The Kier molecular flexibility index (Phi) is 8.01. The van der Waals surface area contributed by atoms with E-state index in [-0.39, 0.29) is 5.56 Å². The Morgan fingerprint density at radius 3 is 2.00 bits per heavy atom. The third-order valence-electron chi connectivity index (χ3n) is 5.93. The fourth-order valence-corrected chi connectivity index (χ4v) is 4.29. The lowest BCUT2D eigenvalue weighted by atomic mass is 10.0. The highest BCUT2D eigenvalue weighted by atomic mass is 79.9. The van der Waals surface area contributed by atoms with Gasteiger partial charge in [0.2, 0.25) is 0 Å². The number of nitrogens with one attached hydrogen (secondary N) is 1. The highest BCUT2D eigenvalue weighted by Gasteiger charge is 2.12. The van der Waals surface area contributed by atoms with Crippen LogP contribution in [0, 0.1) is 0 Å². The number of hydrogen-bond donors (Lipinski definition) is 1. The smallest absolute Gasteiger partial charge is 0.272 e. The van der Waals surface area contributed by atoms with Gasteiger partial charge in [0, 0.05) is 28.7 Å². The molecule has 186 valence electrons. The van der Waals surface area contributed by atoms with Gasteiger partial charge in [-0.1, -0.05) is 107 Å². The van der Waals surface area contributed by atoms with E-state index in [4.69, 9.17) is 5.10 Å². The van der Waals surface area contributed by atoms with Gasteiger partial charge < -0.3 is 0 Å². The quantitative estimate of drug-likeness (QED) is 0.156. The molecule has 0 radical (unpaired) electrons. The lowest BCUT2D eigenvalue weighted by Gasteiger charge is -2.13. The minimum absolute atomic E-state index is 0.209. The van der Waals surface area contributed by atoms with E-state index in [0.717, 1.165) is 32.4 Å². The average molecular weight is 561 g/mol. The number of hydrogen-bond acceptors (Lipinski definition) is 4. The van der Waals surface area contributed by atoms with E-state index < -0.39 is 0 Å². The summed E-state index contributed by atoms with van der Waals surface area (Å²) in [5.41, 5.74) is 8.77. The molecule has 0 aliphatic carbocycles. The summed E-state index contributed by atoms with van der Waals surface area (Å²) in [4.78, 5) is 13.5. The van der Waals surface area contributed by atoms with E-state index in [1.54, 1.807) is 12.3 Å². The van der Waals surface area contributed by atoms with Gasteiger partial charge in [-0.15, -0.1) is 0 Å². The van der Waals surface area contributed by atoms with Gasteiger partial charge in [-0.3, -0.25) is 10.2 Å². The number of aromatic nitrogens is 1. The van der Waals surface area contributed by atoms with Crippen LogP contribution in [0.25, 0.3) is 22.4 Å². The zero-order valence-electron chi connectivity index (χ0n) is 20.5. The van der Waals surface area contributed by atoms with E-state index in [1.807, 2.05) is 121 Å². The SMILES string of the molecule is O=c1cc(-c2ccccc2)cc(-c2ccccc2)n1/N=C(\C/C=N/Nc1ccccc1)c1ccc(Br)cc1. The van der Waals surface area contributed by atoms with Gasteiger partial charge in [0.25, 0.3) is 5.56 Å². The molecule has 1 aromatic heterocycles. The largest absolute Gasteiger partial charge is 0.279 e. The molecular formula is C32H25BrN4O. The zero-order valence-corrected chi connectivity index (χ0v) is 22.1. The Morgan fingerprint density at radius 2 is 1.34 bits per heavy atom. The summed E-state index contributed by atoms with van der Waals surface area (Å²) < 4.78 is 2.45. The Labute approximate surface area is 229 Å². The lowest BCUT2D eigenvalue weighted by molar-refractivity contribution is 0.835. The zero-order chi connectivity index (χ0) is 26.2. The molecule has 0 fully saturated rings. The van der Waals surface area contributed by atoms with Crippen LogP contribution in [0.15, 0.2) is 147 Å².